The molecule has 0 aromatic carbocycles. The van der Waals surface area contributed by atoms with Gasteiger partial charge >= 0.3 is 0 Å². The number of hydrogen-bond acceptors (Lipinski definition) is 3. The van der Waals surface area contributed by atoms with Crippen molar-refractivity contribution < 1.29 is 14.3 Å². The summed E-state index contributed by atoms with van der Waals surface area (Å²) in [4.78, 5) is 12.1. The zero-order chi connectivity index (χ0) is 34.3. The van der Waals surface area contributed by atoms with Crippen LogP contribution in [0, 0.1) is 0 Å². The summed E-state index contributed by atoms with van der Waals surface area (Å²) >= 11 is 0. The number of hydrogen-bond donors (Lipinski definition) is 0. The van der Waals surface area contributed by atoms with Gasteiger partial charge in [0.25, 0.3) is 0 Å². The van der Waals surface area contributed by atoms with Crippen LogP contribution in [0.25, 0.3) is 0 Å². The molecule has 45 heavy (non-hydrogen) atoms. The molecule has 0 aliphatic carbocycles. The second kappa shape index (κ2) is 23.1. The molecule has 0 aliphatic rings. The van der Waals surface area contributed by atoms with Crippen molar-refractivity contribution in [2.24, 2.45) is 0 Å². The summed E-state index contributed by atoms with van der Waals surface area (Å²) in [6.07, 6.45) is 38.5. The van der Waals surface area contributed by atoms with Gasteiger partial charge < -0.3 is 9.47 Å². The maximum atomic E-state index is 12.1. The fourth-order valence-corrected chi connectivity index (χ4v) is 3.84. The summed E-state index contributed by atoms with van der Waals surface area (Å²) in [7, 11) is 3.34. The Morgan fingerprint density at radius 1 is 0.556 bits per heavy atom. The molecule has 0 aromatic heterocycles. The molecule has 0 aromatic rings. The van der Waals surface area contributed by atoms with Gasteiger partial charge in [0, 0.05) is 14.2 Å². The fraction of sp³-hybridized carbons (Fsp3) is 0.452. The molecular formula is C42H62O3. The normalized spacial score (nSPS) is 15.7. The lowest BCUT2D eigenvalue weighted by atomic mass is 9.98. The van der Waals surface area contributed by atoms with Gasteiger partial charge in [-0.15, -0.1) is 0 Å². The van der Waals surface area contributed by atoms with Crippen LogP contribution in [-0.4, -0.2) is 31.2 Å². The van der Waals surface area contributed by atoms with E-state index in [2.05, 4.69) is 115 Å². The van der Waals surface area contributed by atoms with E-state index < -0.39 is 5.60 Å². The molecule has 0 rings (SSSR count). The van der Waals surface area contributed by atoms with Crippen molar-refractivity contribution in [1.29, 1.82) is 0 Å². The number of rotatable bonds is 20. The summed E-state index contributed by atoms with van der Waals surface area (Å²) in [6, 6.07) is 0. The summed E-state index contributed by atoms with van der Waals surface area (Å²) in [5.41, 5.74) is 6.56. The van der Waals surface area contributed by atoms with Crippen LogP contribution in [0.3, 0.4) is 0 Å². The van der Waals surface area contributed by atoms with Gasteiger partial charge in [0.05, 0.1) is 5.60 Å². The van der Waals surface area contributed by atoms with Crippen molar-refractivity contribution in [3.8, 4) is 0 Å². The van der Waals surface area contributed by atoms with Crippen molar-refractivity contribution in [2.75, 3.05) is 14.2 Å². The summed E-state index contributed by atoms with van der Waals surface area (Å²) in [6.45, 7) is 20.5. The van der Waals surface area contributed by atoms with Gasteiger partial charge in [0.2, 0.25) is 0 Å². The van der Waals surface area contributed by atoms with Gasteiger partial charge in [-0.25, -0.2) is 0 Å². The number of ether oxygens (including phenoxy) is 2. The summed E-state index contributed by atoms with van der Waals surface area (Å²) in [5, 5.41) is 0. The highest BCUT2D eigenvalue weighted by molar-refractivity contribution is 5.96. The molecule has 0 radical (unpaired) electrons. The van der Waals surface area contributed by atoms with E-state index in [1.54, 1.807) is 34.1 Å². The quantitative estimate of drug-likeness (QED) is 0.0777. The number of ketones is 1. The van der Waals surface area contributed by atoms with Crippen molar-refractivity contribution in [3.05, 3.63) is 131 Å². The highest BCUT2D eigenvalue weighted by atomic mass is 16.5. The largest absolute Gasteiger partial charge is 0.379 e. The van der Waals surface area contributed by atoms with Crippen molar-refractivity contribution >= 4 is 5.78 Å². The first-order chi connectivity index (χ1) is 21.1. The maximum absolute atomic E-state index is 12.1. The predicted molar refractivity (Wildman–Crippen MR) is 199 cm³/mol. The third kappa shape index (κ3) is 22.8. The van der Waals surface area contributed by atoms with E-state index in [1.807, 2.05) is 31.2 Å². The van der Waals surface area contributed by atoms with E-state index in [1.165, 1.54) is 28.7 Å². The maximum Gasteiger partial charge on any atom is 0.186 e. The number of methoxy groups -OCH3 is 2. The highest BCUT2D eigenvalue weighted by Crippen LogP contribution is 2.19. The van der Waals surface area contributed by atoms with Crippen LogP contribution in [0.15, 0.2) is 131 Å². The van der Waals surface area contributed by atoms with E-state index in [-0.39, 0.29) is 11.4 Å². The minimum Gasteiger partial charge on any atom is -0.379 e. The standard InChI is InChI=1S/C42H62O3/c1-34(22-15-24-36(3)26-17-28-38(5)30-19-33-41(7,8)44-11)20-13-14-21-35(2)23-16-25-37(4)27-18-29-39(6)31-32-40(43)42(9,10)45-12/h13-16,18,20-25,27-29,31-32H,17,19,26,30,33H2,1-12H3/b14-13+,22-15+,23-16+,27-18+,32-31+,34-20+,35-21+,36-24+,37-25+,38-28+,39-29+. The van der Waals surface area contributed by atoms with Crippen LogP contribution < -0.4 is 0 Å². The van der Waals surface area contributed by atoms with Gasteiger partial charge in [0.15, 0.2) is 5.78 Å². The van der Waals surface area contributed by atoms with Crippen LogP contribution in [0.1, 0.15) is 101 Å². The van der Waals surface area contributed by atoms with Crippen molar-refractivity contribution in [1.82, 2.24) is 0 Å². The SMILES string of the molecule is COC(C)(C)CCC/C(C)=C/CC/C(C)=C/C=C/C(C)=C/C=C/C=C(C)/C=C/C=C(C)/C=C/C=C(C)/C=C/C(=O)C(C)(C)OC. The van der Waals surface area contributed by atoms with E-state index in [0.717, 1.165) is 36.8 Å². The average Bonchev–Trinajstić information content (AvgIpc) is 2.97. The smallest absolute Gasteiger partial charge is 0.186 e. The Morgan fingerprint density at radius 2 is 1.02 bits per heavy atom. The van der Waals surface area contributed by atoms with Gasteiger partial charge in [-0.05, 0) is 107 Å². The molecular weight excluding hydrogens is 552 g/mol. The second-order valence-corrected chi connectivity index (χ2v) is 12.9. The Morgan fingerprint density at radius 3 is 1.51 bits per heavy atom. The Hall–Kier alpha value is -3.27. The third-order valence-corrected chi connectivity index (χ3v) is 7.54. The second-order valence-electron chi connectivity index (χ2n) is 12.9. The molecule has 0 aliphatic heterocycles. The molecule has 0 N–H and O–H groups in total. The molecule has 0 heterocycles. The van der Waals surface area contributed by atoms with Crippen LogP contribution in [0.4, 0.5) is 0 Å². The van der Waals surface area contributed by atoms with Gasteiger partial charge in [-0.2, -0.15) is 0 Å². The molecule has 0 amide bonds. The molecule has 0 unspecified atom stereocenters. The molecule has 248 valence electrons. The summed E-state index contributed by atoms with van der Waals surface area (Å²) in [5.74, 6) is -0.0538. The van der Waals surface area contributed by atoms with Gasteiger partial charge in [0.1, 0.15) is 5.60 Å². The minimum absolute atomic E-state index is 0.0250. The molecule has 3 heteroatoms. The lowest BCUT2D eigenvalue weighted by molar-refractivity contribution is -0.131. The van der Waals surface area contributed by atoms with Gasteiger partial charge in [-0.3, -0.25) is 4.79 Å². The zero-order valence-corrected chi connectivity index (χ0v) is 30.5. The molecule has 0 fully saturated rings. The van der Waals surface area contributed by atoms with Crippen molar-refractivity contribution in [3.63, 3.8) is 0 Å². The zero-order valence-electron chi connectivity index (χ0n) is 30.5. The van der Waals surface area contributed by atoms with Crippen LogP contribution in [0.2, 0.25) is 0 Å². The van der Waals surface area contributed by atoms with Crippen molar-refractivity contribution in [2.45, 2.75) is 113 Å². The van der Waals surface area contributed by atoms with Crippen LogP contribution >= 0.6 is 0 Å². The number of carbonyl (C=O) groups excluding carboxylic acids is 1. The fourth-order valence-electron chi connectivity index (χ4n) is 3.84. The average molecular weight is 615 g/mol. The van der Waals surface area contributed by atoms with E-state index in [9.17, 15) is 4.79 Å². The Kier molecular flexibility index (Phi) is 21.4. The Bertz CT molecular complexity index is 1240. The number of carbonyl (C=O) groups is 1. The molecule has 0 saturated heterocycles. The monoisotopic (exact) mass is 614 g/mol. The first-order valence-corrected chi connectivity index (χ1v) is 16.2. The lowest BCUT2D eigenvalue weighted by Crippen LogP contribution is -2.32. The lowest BCUT2D eigenvalue weighted by Gasteiger charge is -2.22. The third-order valence-electron chi connectivity index (χ3n) is 7.54. The molecule has 0 saturated carbocycles. The topological polar surface area (TPSA) is 35.5 Å². The minimum atomic E-state index is -0.801. The highest BCUT2D eigenvalue weighted by Gasteiger charge is 2.23. The first-order valence-electron chi connectivity index (χ1n) is 16.2. The van der Waals surface area contributed by atoms with E-state index >= 15 is 0 Å². The number of allylic oxidation sites excluding steroid dienone is 21. The first kappa shape index (κ1) is 41.7. The molecule has 0 bridgehead atoms. The Balaban J connectivity index is 4.71. The van der Waals surface area contributed by atoms with Crippen LogP contribution in [0.5, 0.6) is 0 Å². The molecule has 0 atom stereocenters. The van der Waals surface area contributed by atoms with E-state index in [0.29, 0.717) is 0 Å². The molecule has 0 spiro atoms. The molecule has 3 nitrogen and oxygen atoms in total. The summed E-state index contributed by atoms with van der Waals surface area (Å²) < 4.78 is 10.7. The Labute approximate surface area is 277 Å². The van der Waals surface area contributed by atoms with E-state index in [4.69, 9.17) is 9.47 Å². The predicted octanol–water partition coefficient (Wildman–Crippen LogP) is 11.8. The van der Waals surface area contributed by atoms with Crippen LogP contribution in [-0.2, 0) is 14.3 Å². The van der Waals surface area contributed by atoms with Gasteiger partial charge in [-0.1, -0.05) is 125 Å².